The molecule has 2 bridgehead atoms. The van der Waals surface area contributed by atoms with E-state index >= 15 is 0 Å². The van der Waals surface area contributed by atoms with Gasteiger partial charge in [-0.25, -0.2) is 0 Å². The lowest BCUT2D eigenvalue weighted by Gasteiger charge is -2.38. The smallest absolute Gasteiger partial charge is 0.0205 e. The minimum absolute atomic E-state index is 0.955. The van der Waals surface area contributed by atoms with Crippen molar-refractivity contribution in [2.45, 2.75) is 39.0 Å². The van der Waals surface area contributed by atoms with Crippen molar-refractivity contribution in [2.24, 2.45) is 17.8 Å². The van der Waals surface area contributed by atoms with Crippen LogP contribution in [-0.2, 0) is 0 Å². The third kappa shape index (κ3) is 1.36. The molecule has 0 aliphatic heterocycles. The Morgan fingerprint density at radius 1 is 1.27 bits per heavy atom. The number of hydrogen-bond donors (Lipinski definition) is 0. The fraction of sp³-hybridized carbons (Fsp3) is 0.818. The number of hydrogen-bond acceptors (Lipinski definition) is 0. The lowest BCUT2D eigenvalue weighted by atomic mass is 9.68. The summed E-state index contributed by atoms with van der Waals surface area (Å²) in [6.07, 6.45) is 12.2. The van der Waals surface area contributed by atoms with Gasteiger partial charge in [0.2, 0.25) is 0 Å². The van der Waals surface area contributed by atoms with E-state index in [1.165, 1.54) is 32.1 Å². The fourth-order valence-corrected chi connectivity index (χ4v) is 2.75. The van der Waals surface area contributed by atoms with Crippen molar-refractivity contribution in [3.63, 3.8) is 0 Å². The van der Waals surface area contributed by atoms with E-state index in [0.717, 1.165) is 17.8 Å². The molecule has 11 heavy (non-hydrogen) atoms. The van der Waals surface area contributed by atoms with E-state index in [9.17, 15) is 0 Å². The summed E-state index contributed by atoms with van der Waals surface area (Å²) in [7, 11) is 0. The Hall–Kier alpha value is -0.260. The molecule has 0 heterocycles. The third-order valence-electron chi connectivity index (χ3n) is 3.37. The highest BCUT2D eigenvalue weighted by atomic mass is 14.4. The Balaban J connectivity index is 2.00. The molecular weight excluding hydrogens is 132 g/mol. The fourth-order valence-electron chi connectivity index (χ4n) is 2.75. The second-order valence-corrected chi connectivity index (χ2v) is 4.17. The third-order valence-corrected chi connectivity index (χ3v) is 3.37. The summed E-state index contributed by atoms with van der Waals surface area (Å²) in [6.45, 7) is 2.31. The summed E-state index contributed by atoms with van der Waals surface area (Å²) in [5.41, 5.74) is 0. The van der Waals surface area contributed by atoms with Crippen LogP contribution in [0.25, 0.3) is 0 Å². The van der Waals surface area contributed by atoms with Gasteiger partial charge in [-0.1, -0.05) is 31.9 Å². The Kier molecular flexibility index (Phi) is 2.02. The SMILES string of the molecule is CCCC1CC2C=CC1CC2. The summed E-state index contributed by atoms with van der Waals surface area (Å²) < 4.78 is 0. The van der Waals surface area contributed by atoms with Crippen molar-refractivity contribution in [1.82, 2.24) is 0 Å². The van der Waals surface area contributed by atoms with Gasteiger partial charge in [-0.2, -0.15) is 0 Å². The van der Waals surface area contributed by atoms with E-state index in [2.05, 4.69) is 19.1 Å². The molecule has 0 spiro atoms. The van der Waals surface area contributed by atoms with Gasteiger partial charge < -0.3 is 0 Å². The minimum atomic E-state index is 0.955. The highest BCUT2D eigenvalue weighted by molar-refractivity contribution is 5.05. The van der Waals surface area contributed by atoms with Crippen molar-refractivity contribution >= 4 is 0 Å². The van der Waals surface area contributed by atoms with Gasteiger partial charge >= 0.3 is 0 Å². The maximum atomic E-state index is 2.48. The standard InChI is InChI=1S/C11H18/c1-2-3-11-8-9-4-6-10(11)7-5-9/h4,6,9-11H,2-3,5,7-8H2,1H3. The van der Waals surface area contributed by atoms with Crippen molar-refractivity contribution in [3.8, 4) is 0 Å². The predicted octanol–water partition coefficient (Wildman–Crippen LogP) is 3.39. The second kappa shape index (κ2) is 3.00. The van der Waals surface area contributed by atoms with Crippen molar-refractivity contribution in [3.05, 3.63) is 12.2 Å². The maximum absolute atomic E-state index is 2.48. The number of rotatable bonds is 2. The molecule has 0 aromatic carbocycles. The Labute approximate surface area is 69.7 Å². The molecular formula is C11H18. The largest absolute Gasteiger partial charge is 0.0851 e. The van der Waals surface area contributed by atoms with Gasteiger partial charge in [-0.15, -0.1) is 0 Å². The molecule has 3 aliphatic carbocycles. The lowest BCUT2D eigenvalue weighted by Crippen LogP contribution is -2.26. The normalized spacial score (nSPS) is 41.4. The second-order valence-electron chi connectivity index (χ2n) is 4.17. The Morgan fingerprint density at radius 2 is 2.18 bits per heavy atom. The molecule has 0 aromatic rings. The molecule has 3 aliphatic rings. The van der Waals surface area contributed by atoms with Crippen LogP contribution in [0.15, 0.2) is 12.2 Å². The number of allylic oxidation sites excluding steroid dienone is 2. The van der Waals surface area contributed by atoms with Gasteiger partial charge in [0.1, 0.15) is 0 Å². The van der Waals surface area contributed by atoms with E-state index in [4.69, 9.17) is 0 Å². The molecule has 0 aromatic heterocycles. The average Bonchev–Trinajstić information content (AvgIpc) is 2.07. The summed E-state index contributed by atoms with van der Waals surface area (Å²) >= 11 is 0. The first-order valence-corrected chi connectivity index (χ1v) is 5.08. The topological polar surface area (TPSA) is 0 Å². The molecule has 0 N–H and O–H groups in total. The molecule has 1 fully saturated rings. The van der Waals surface area contributed by atoms with Gasteiger partial charge in [-0.05, 0) is 37.0 Å². The summed E-state index contributed by atoms with van der Waals surface area (Å²) in [5, 5.41) is 0. The van der Waals surface area contributed by atoms with Gasteiger partial charge in [0.05, 0.1) is 0 Å². The first-order valence-electron chi connectivity index (χ1n) is 5.08. The molecule has 0 radical (unpaired) electrons. The first-order chi connectivity index (χ1) is 5.40. The zero-order valence-corrected chi connectivity index (χ0v) is 7.42. The molecule has 0 nitrogen and oxygen atoms in total. The zero-order valence-electron chi connectivity index (χ0n) is 7.42. The van der Waals surface area contributed by atoms with Gasteiger partial charge in [0.15, 0.2) is 0 Å². The highest BCUT2D eigenvalue weighted by Gasteiger charge is 2.30. The number of fused-ring (bicyclic) bond motifs is 2. The van der Waals surface area contributed by atoms with Crippen molar-refractivity contribution in [2.75, 3.05) is 0 Å². The summed E-state index contributed by atoms with van der Waals surface area (Å²) in [6, 6.07) is 0. The average molecular weight is 150 g/mol. The molecule has 1 saturated carbocycles. The van der Waals surface area contributed by atoms with Crippen LogP contribution in [0.1, 0.15) is 39.0 Å². The molecule has 0 saturated heterocycles. The van der Waals surface area contributed by atoms with Crippen LogP contribution in [0, 0.1) is 17.8 Å². The van der Waals surface area contributed by atoms with Gasteiger partial charge in [0, 0.05) is 0 Å². The van der Waals surface area contributed by atoms with E-state index in [1.807, 2.05) is 0 Å². The molecule has 62 valence electrons. The Morgan fingerprint density at radius 3 is 2.64 bits per heavy atom. The van der Waals surface area contributed by atoms with Gasteiger partial charge in [0.25, 0.3) is 0 Å². The molecule has 3 atom stereocenters. The van der Waals surface area contributed by atoms with Crippen LogP contribution in [0.3, 0.4) is 0 Å². The van der Waals surface area contributed by atoms with Crippen LogP contribution in [0.4, 0.5) is 0 Å². The van der Waals surface area contributed by atoms with E-state index in [-0.39, 0.29) is 0 Å². The van der Waals surface area contributed by atoms with Crippen LogP contribution in [0.2, 0.25) is 0 Å². The van der Waals surface area contributed by atoms with Crippen molar-refractivity contribution in [1.29, 1.82) is 0 Å². The highest BCUT2D eigenvalue weighted by Crippen LogP contribution is 2.42. The van der Waals surface area contributed by atoms with E-state index < -0.39 is 0 Å². The van der Waals surface area contributed by atoms with Crippen LogP contribution in [-0.4, -0.2) is 0 Å². The quantitative estimate of drug-likeness (QED) is 0.529. The first kappa shape index (κ1) is 7.39. The predicted molar refractivity (Wildman–Crippen MR) is 48.4 cm³/mol. The maximum Gasteiger partial charge on any atom is -0.0205 e. The van der Waals surface area contributed by atoms with E-state index in [0.29, 0.717) is 0 Å². The van der Waals surface area contributed by atoms with Crippen LogP contribution < -0.4 is 0 Å². The lowest BCUT2D eigenvalue weighted by molar-refractivity contribution is 0.208. The van der Waals surface area contributed by atoms with Gasteiger partial charge in [-0.3, -0.25) is 0 Å². The van der Waals surface area contributed by atoms with Crippen LogP contribution >= 0.6 is 0 Å². The van der Waals surface area contributed by atoms with Crippen LogP contribution in [0.5, 0.6) is 0 Å². The monoisotopic (exact) mass is 150 g/mol. The zero-order chi connectivity index (χ0) is 7.68. The Bertz CT molecular complexity index is 157. The molecule has 3 unspecified atom stereocenters. The summed E-state index contributed by atoms with van der Waals surface area (Å²) in [4.78, 5) is 0. The summed E-state index contributed by atoms with van der Waals surface area (Å²) in [5.74, 6) is 2.96. The molecule has 0 heteroatoms. The van der Waals surface area contributed by atoms with Crippen molar-refractivity contribution < 1.29 is 0 Å². The van der Waals surface area contributed by atoms with E-state index in [1.54, 1.807) is 0 Å². The molecule has 3 rings (SSSR count). The minimum Gasteiger partial charge on any atom is -0.0851 e. The molecule has 0 amide bonds.